The average molecular weight is 285 g/mol. The molecule has 0 fully saturated rings. The van der Waals surface area contributed by atoms with E-state index in [0.29, 0.717) is 0 Å². The number of amides is 1. The SMILES string of the molecule is CC(Oc1cccc(F)c1)C(=O)NC(CCO)C(=O)O. The summed E-state index contributed by atoms with van der Waals surface area (Å²) >= 11 is 0. The summed E-state index contributed by atoms with van der Waals surface area (Å²) in [6.45, 7) is 1.05. The number of halogens is 1. The van der Waals surface area contributed by atoms with Crippen LogP contribution in [-0.4, -0.2) is 40.8 Å². The van der Waals surface area contributed by atoms with E-state index in [1.165, 1.54) is 25.1 Å². The smallest absolute Gasteiger partial charge is 0.326 e. The number of carbonyl (C=O) groups excluding carboxylic acids is 1. The summed E-state index contributed by atoms with van der Waals surface area (Å²) in [4.78, 5) is 22.6. The normalized spacial score (nSPS) is 13.3. The largest absolute Gasteiger partial charge is 0.481 e. The molecule has 0 radical (unpaired) electrons. The minimum atomic E-state index is -1.25. The highest BCUT2D eigenvalue weighted by Gasteiger charge is 2.23. The molecule has 110 valence electrons. The van der Waals surface area contributed by atoms with Crippen LogP contribution in [0.4, 0.5) is 4.39 Å². The second-order valence-corrected chi connectivity index (χ2v) is 4.13. The molecule has 0 spiro atoms. The highest BCUT2D eigenvalue weighted by atomic mass is 19.1. The Bertz CT molecular complexity index is 480. The number of aliphatic carboxylic acids is 1. The van der Waals surface area contributed by atoms with Crippen LogP contribution in [-0.2, 0) is 9.59 Å². The molecule has 0 heterocycles. The molecule has 0 saturated carbocycles. The summed E-state index contributed by atoms with van der Waals surface area (Å²) in [7, 11) is 0. The first-order valence-corrected chi connectivity index (χ1v) is 6.00. The van der Waals surface area contributed by atoms with Crippen molar-refractivity contribution < 1.29 is 28.9 Å². The van der Waals surface area contributed by atoms with Gasteiger partial charge in [-0.1, -0.05) is 6.07 Å². The predicted octanol–water partition coefficient (Wildman–Crippen LogP) is 0.545. The van der Waals surface area contributed by atoms with Gasteiger partial charge in [0.25, 0.3) is 5.91 Å². The van der Waals surface area contributed by atoms with Crippen LogP contribution in [0.5, 0.6) is 5.75 Å². The number of carboxylic acids is 1. The van der Waals surface area contributed by atoms with Crippen LogP contribution in [0.3, 0.4) is 0 Å². The molecule has 1 aromatic rings. The van der Waals surface area contributed by atoms with E-state index in [0.717, 1.165) is 6.07 Å². The molecule has 0 aromatic heterocycles. The van der Waals surface area contributed by atoms with Crippen LogP contribution in [0, 0.1) is 5.82 Å². The first-order valence-electron chi connectivity index (χ1n) is 6.00. The fourth-order valence-corrected chi connectivity index (χ4v) is 1.47. The minimum Gasteiger partial charge on any atom is -0.481 e. The van der Waals surface area contributed by atoms with Gasteiger partial charge in [-0.3, -0.25) is 4.79 Å². The van der Waals surface area contributed by atoms with Crippen LogP contribution in [0.2, 0.25) is 0 Å². The van der Waals surface area contributed by atoms with Gasteiger partial charge in [-0.2, -0.15) is 0 Å². The number of hydrogen-bond acceptors (Lipinski definition) is 4. The third-order valence-corrected chi connectivity index (χ3v) is 2.51. The molecule has 3 N–H and O–H groups in total. The van der Waals surface area contributed by atoms with E-state index >= 15 is 0 Å². The van der Waals surface area contributed by atoms with E-state index < -0.39 is 29.8 Å². The minimum absolute atomic E-state index is 0.103. The van der Waals surface area contributed by atoms with E-state index in [9.17, 15) is 14.0 Å². The lowest BCUT2D eigenvalue weighted by molar-refractivity contribution is -0.143. The van der Waals surface area contributed by atoms with Gasteiger partial charge in [0, 0.05) is 19.1 Å². The lowest BCUT2D eigenvalue weighted by atomic mass is 10.2. The number of benzene rings is 1. The molecule has 0 bridgehead atoms. The maximum absolute atomic E-state index is 12.9. The zero-order valence-corrected chi connectivity index (χ0v) is 10.9. The van der Waals surface area contributed by atoms with Crippen LogP contribution >= 0.6 is 0 Å². The molecular weight excluding hydrogens is 269 g/mol. The lowest BCUT2D eigenvalue weighted by Gasteiger charge is -2.18. The number of nitrogens with one attached hydrogen (secondary N) is 1. The molecule has 1 aromatic carbocycles. The number of aliphatic hydroxyl groups is 1. The van der Waals surface area contributed by atoms with Crippen molar-refractivity contribution in [3.8, 4) is 5.75 Å². The quantitative estimate of drug-likeness (QED) is 0.679. The zero-order valence-electron chi connectivity index (χ0n) is 10.9. The highest BCUT2D eigenvalue weighted by molar-refractivity contribution is 5.86. The van der Waals surface area contributed by atoms with E-state index in [2.05, 4.69) is 5.32 Å². The topological polar surface area (TPSA) is 95.9 Å². The third kappa shape index (κ3) is 4.85. The summed E-state index contributed by atoms with van der Waals surface area (Å²) in [5, 5.41) is 19.8. The van der Waals surface area contributed by atoms with Gasteiger partial charge in [-0.15, -0.1) is 0 Å². The fourth-order valence-electron chi connectivity index (χ4n) is 1.47. The average Bonchev–Trinajstić information content (AvgIpc) is 2.37. The Balaban J connectivity index is 2.60. The Morgan fingerprint density at radius 1 is 1.45 bits per heavy atom. The summed E-state index contributed by atoms with van der Waals surface area (Å²) < 4.78 is 18.2. The number of rotatable bonds is 7. The predicted molar refractivity (Wildman–Crippen MR) is 67.8 cm³/mol. The van der Waals surface area contributed by atoms with Crippen LogP contribution < -0.4 is 10.1 Å². The van der Waals surface area contributed by atoms with E-state index in [1.807, 2.05) is 0 Å². The van der Waals surface area contributed by atoms with Gasteiger partial charge >= 0.3 is 5.97 Å². The Morgan fingerprint density at radius 2 is 2.15 bits per heavy atom. The maximum atomic E-state index is 12.9. The molecule has 2 unspecified atom stereocenters. The molecule has 0 aliphatic heterocycles. The third-order valence-electron chi connectivity index (χ3n) is 2.51. The summed E-state index contributed by atoms with van der Waals surface area (Å²) in [5.74, 6) is -2.24. The monoisotopic (exact) mass is 285 g/mol. The number of carbonyl (C=O) groups is 2. The zero-order chi connectivity index (χ0) is 15.1. The highest BCUT2D eigenvalue weighted by Crippen LogP contribution is 2.13. The Labute approximate surface area is 115 Å². The Morgan fingerprint density at radius 3 is 2.70 bits per heavy atom. The second kappa shape index (κ2) is 7.44. The molecule has 6 nitrogen and oxygen atoms in total. The van der Waals surface area contributed by atoms with Gasteiger partial charge in [0.05, 0.1) is 0 Å². The number of hydrogen-bond donors (Lipinski definition) is 3. The van der Waals surface area contributed by atoms with E-state index in [-0.39, 0.29) is 18.8 Å². The van der Waals surface area contributed by atoms with Crippen molar-refractivity contribution in [1.29, 1.82) is 0 Å². The summed E-state index contributed by atoms with van der Waals surface area (Å²) in [5.41, 5.74) is 0. The molecule has 0 aliphatic rings. The Hall–Kier alpha value is -2.15. The summed E-state index contributed by atoms with van der Waals surface area (Å²) in [6.07, 6.45) is -1.09. The van der Waals surface area contributed by atoms with Crippen LogP contribution in [0.1, 0.15) is 13.3 Å². The second-order valence-electron chi connectivity index (χ2n) is 4.13. The number of carboxylic acid groups (broad SMARTS) is 1. The molecule has 2 atom stereocenters. The maximum Gasteiger partial charge on any atom is 0.326 e. The number of ether oxygens (including phenoxy) is 1. The fraction of sp³-hybridized carbons (Fsp3) is 0.385. The molecule has 1 amide bonds. The van der Waals surface area contributed by atoms with Crippen molar-refractivity contribution in [3.63, 3.8) is 0 Å². The molecule has 0 aliphatic carbocycles. The lowest BCUT2D eigenvalue weighted by Crippen LogP contribution is -2.46. The Kier molecular flexibility index (Phi) is 5.92. The first-order chi connectivity index (χ1) is 9.43. The van der Waals surface area contributed by atoms with Gasteiger partial charge in [0.1, 0.15) is 17.6 Å². The van der Waals surface area contributed by atoms with Crippen molar-refractivity contribution in [2.45, 2.75) is 25.5 Å². The van der Waals surface area contributed by atoms with Gasteiger partial charge in [0.15, 0.2) is 6.10 Å². The van der Waals surface area contributed by atoms with Gasteiger partial charge in [-0.05, 0) is 19.1 Å². The van der Waals surface area contributed by atoms with Crippen molar-refractivity contribution in [1.82, 2.24) is 5.32 Å². The molecule has 0 saturated heterocycles. The van der Waals surface area contributed by atoms with Crippen LogP contribution in [0.25, 0.3) is 0 Å². The van der Waals surface area contributed by atoms with Crippen molar-refractivity contribution in [2.75, 3.05) is 6.61 Å². The van der Waals surface area contributed by atoms with Gasteiger partial charge in [-0.25, -0.2) is 9.18 Å². The first kappa shape index (κ1) is 15.9. The van der Waals surface area contributed by atoms with Gasteiger partial charge in [0.2, 0.25) is 0 Å². The molecular formula is C13H16FNO5. The number of aliphatic hydroxyl groups excluding tert-OH is 1. The van der Waals surface area contributed by atoms with E-state index in [4.69, 9.17) is 14.9 Å². The molecule has 1 rings (SSSR count). The van der Waals surface area contributed by atoms with Gasteiger partial charge < -0.3 is 20.3 Å². The molecule has 20 heavy (non-hydrogen) atoms. The van der Waals surface area contributed by atoms with Crippen molar-refractivity contribution >= 4 is 11.9 Å². The van der Waals surface area contributed by atoms with Crippen molar-refractivity contribution in [3.05, 3.63) is 30.1 Å². The summed E-state index contributed by atoms with van der Waals surface area (Å²) in [6, 6.07) is 4.08. The van der Waals surface area contributed by atoms with Crippen LogP contribution in [0.15, 0.2) is 24.3 Å². The standard InChI is InChI=1S/C13H16FNO5/c1-8(20-10-4-2-3-9(14)7-10)12(17)15-11(5-6-16)13(18)19/h2-4,7-8,11,16H,5-6H2,1H3,(H,15,17)(H,18,19). The molecule has 7 heteroatoms. The van der Waals surface area contributed by atoms with Crippen molar-refractivity contribution in [2.24, 2.45) is 0 Å². The van der Waals surface area contributed by atoms with E-state index in [1.54, 1.807) is 0 Å².